The molecule has 1 aliphatic rings. The summed E-state index contributed by atoms with van der Waals surface area (Å²) in [6, 6.07) is 16.2. The highest BCUT2D eigenvalue weighted by molar-refractivity contribution is 5.44. The molecule has 0 aliphatic carbocycles. The monoisotopic (exact) mass is 409 g/mol. The minimum Gasteiger partial charge on any atom is -0.394 e. The van der Waals surface area contributed by atoms with Crippen molar-refractivity contribution in [2.45, 2.75) is 69.9 Å². The van der Waals surface area contributed by atoms with Gasteiger partial charge in [0.05, 0.1) is 42.2 Å². The van der Waals surface area contributed by atoms with Crippen molar-refractivity contribution in [2.75, 3.05) is 6.61 Å². The smallest absolute Gasteiger partial charge is 0.0994 e. The lowest BCUT2D eigenvalue weighted by Gasteiger charge is -2.32. The zero-order chi connectivity index (χ0) is 21.7. The zero-order valence-electron chi connectivity index (χ0n) is 17.7. The summed E-state index contributed by atoms with van der Waals surface area (Å²) < 4.78 is 5.93. The van der Waals surface area contributed by atoms with Gasteiger partial charge < -0.3 is 20.1 Å². The Morgan fingerprint density at radius 2 is 1.80 bits per heavy atom. The van der Waals surface area contributed by atoms with E-state index in [0.29, 0.717) is 31.2 Å². The Kier molecular flexibility index (Phi) is 7.27. The van der Waals surface area contributed by atoms with Gasteiger partial charge in [0.1, 0.15) is 0 Å². The molecule has 2 aromatic carbocycles. The molecule has 0 amide bonds. The molecule has 1 saturated heterocycles. The van der Waals surface area contributed by atoms with Gasteiger partial charge in [-0.2, -0.15) is 5.26 Å². The van der Waals surface area contributed by atoms with Crippen molar-refractivity contribution in [1.82, 2.24) is 0 Å². The van der Waals surface area contributed by atoms with Crippen LogP contribution in [0.1, 0.15) is 67.0 Å². The Morgan fingerprint density at radius 3 is 2.43 bits per heavy atom. The quantitative estimate of drug-likeness (QED) is 0.651. The van der Waals surface area contributed by atoms with Gasteiger partial charge in [0.25, 0.3) is 0 Å². The Labute approximate surface area is 178 Å². The first kappa shape index (κ1) is 22.5. The highest BCUT2D eigenvalue weighted by Gasteiger charge is 2.29. The van der Waals surface area contributed by atoms with E-state index in [9.17, 15) is 20.6 Å². The number of hydrogen-bond acceptors (Lipinski definition) is 5. The maximum atomic E-state index is 10.1. The topological polar surface area (TPSA) is 93.7 Å². The lowest BCUT2D eigenvalue weighted by molar-refractivity contribution is -0.113. The molecule has 0 bridgehead atoms. The number of aryl methyl sites for hydroxylation is 1. The van der Waals surface area contributed by atoms with Crippen LogP contribution in [0.4, 0.5) is 0 Å². The molecule has 0 spiro atoms. The first-order valence-corrected chi connectivity index (χ1v) is 10.5. The molecular weight excluding hydrogens is 378 g/mol. The van der Waals surface area contributed by atoms with E-state index < -0.39 is 11.7 Å². The number of hydrogen-bond donors (Lipinski definition) is 3. The average molecular weight is 410 g/mol. The number of benzene rings is 2. The number of ether oxygens (including phenoxy) is 1. The zero-order valence-corrected chi connectivity index (χ0v) is 17.7. The number of rotatable bonds is 7. The summed E-state index contributed by atoms with van der Waals surface area (Å²) in [5.74, 6) is 0. The van der Waals surface area contributed by atoms with E-state index in [1.165, 1.54) is 5.56 Å². The molecule has 30 heavy (non-hydrogen) atoms. The maximum absolute atomic E-state index is 10.1. The fourth-order valence-electron chi connectivity index (χ4n) is 3.89. The fourth-order valence-corrected chi connectivity index (χ4v) is 3.89. The Balaban J connectivity index is 1.75. The predicted molar refractivity (Wildman–Crippen MR) is 115 cm³/mol. The third-order valence-electron chi connectivity index (χ3n) is 5.65. The molecule has 1 aliphatic heterocycles. The van der Waals surface area contributed by atoms with Crippen LogP contribution in [-0.4, -0.2) is 39.7 Å². The third kappa shape index (κ3) is 6.13. The highest BCUT2D eigenvalue weighted by Crippen LogP contribution is 2.32. The Morgan fingerprint density at radius 1 is 1.10 bits per heavy atom. The second-order valence-corrected chi connectivity index (χ2v) is 8.89. The second kappa shape index (κ2) is 9.72. The summed E-state index contributed by atoms with van der Waals surface area (Å²) in [5.41, 5.74) is 4.07. The van der Waals surface area contributed by atoms with Gasteiger partial charge in [-0.15, -0.1) is 0 Å². The third-order valence-corrected chi connectivity index (χ3v) is 5.65. The van der Waals surface area contributed by atoms with Gasteiger partial charge in [0, 0.05) is 12.8 Å². The first-order chi connectivity index (χ1) is 14.3. The van der Waals surface area contributed by atoms with Gasteiger partial charge >= 0.3 is 0 Å². The van der Waals surface area contributed by atoms with Gasteiger partial charge in [-0.25, -0.2) is 0 Å². The summed E-state index contributed by atoms with van der Waals surface area (Å²) in [5, 5.41) is 39.0. The van der Waals surface area contributed by atoms with Crippen LogP contribution >= 0.6 is 0 Å². The SMILES string of the molecule is CC(C)(O)CCc1ccc(Cc2cc([C@H]3C[C@@H](O)C[C@@H](CO)O3)ccc2C#N)cc1. The molecule has 3 rings (SSSR count). The van der Waals surface area contributed by atoms with Crippen LogP contribution in [0.25, 0.3) is 0 Å². The largest absolute Gasteiger partial charge is 0.394 e. The van der Waals surface area contributed by atoms with E-state index in [4.69, 9.17) is 4.74 Å². The fraction of sp³-hybridized carbons (Fsp3) is 0.480. The molecule has 1 heterocycles. The van der Waals surface area contributed by atoms with E-state index in [1.54, 1.807) is 6.07 Å². The van der Waals surface area contributed by atoms with Gasteiger partial charge in [-0.3, -0.25) is 0 Å². The molecule has 0 saturated carbocycles. The van der Waals surface area contributed by atoms with Crippen LogP contribution < -0.4 is 0 Å². The van der Waals surface area contributed by atoms with E-state index >= 15 is 0 Å². The van der Waals surface area contributed by atoms with Crippen LogP contribution in [0.3, 0.4) is 0 Å². The van der Waals surface area contributed by atoms with Gasteiger partial charge in [-0.1, -0.05) is 36.4 Å². The average Bonchev–Trinajstić information content (AvgIpc) is 2.72. The molecule has 5 heteroatoms. The van der Waals surface area contributed by atoms with Crippen LogP contribution in [-0.2, 0) is 17.6 Å². The van der Waals surface area contributed by atoms with Crippen molar-refractivity contribution in [1.29, 1.82) is 5.26 Å². The summed E-state index contributed by atoms with van der Waals surface area (Å²) in [6.07, 6.45) is 1.91. The minimum atomic E-state index is -0.676. The number of aliphatic hydroxyl groups is 3. The molecule has 2 aromatic rings. The van der Waals surface area contributed by atoms with Gasteiger partial charge in [0.15, 0.2) is 0 Å². The summed E-state index contributed by atoms with van der Waals surface area (Å²) >= 11 is 0. The lowest BCUT2D eigenvalue weighted by Crippen LogP contribution is -2.33. The van der Waals surface area contributed by atoms with Crippen LogP contribution in [0.5, 0.6) is 0 Å². The summed E-state index contributed by atoms with van der Waals surface area (Å²) in [7, 11) is 0. The molecule has 0 radical (unpaired) electrons. The van der Waals surface area contributed by atoms with Crippen molar-refractivity contribution in [3.8, 4) is 6.07 Å². The maximum Gasteiger partial charge on any atom is 0.0994 e. The van der Waals surface area contributed by atoms with E-state index in [1.807, 2.05) is 26.0 Å². The normalized spacial score (nSPS) is 21.9. The number of nitrogens with zero attached hydrogens (tertiary/aromatic N) is 1. The number of nitriles is 1. The molecule has 0 unspecified atom stereocenters. The van der Waals surface area contributed by atoms with E-state index in [-0.39, 0.29) is 18.8 Å². The molecule has 3 N–H and O–H groups in total. The number of aliphatic hydroxyl groups excluding tert-OH is 2. The standard InChI is InChI=1S/C25H31NO4/c1-25(2,29)10-9-17-3-5-18(6-4-17)11-21-12-19(7-8-20(21)15-26)24-14-22(28)13-23(16-27)30-24/h3-8,12,22-24,27-29H,9-11,13-14,16H2,1-2H3/t22-,23-,24+/m0/s1. The summed E-state index contributed by atoms with van der Waals surface area (Å²) in [4.78, 5) is 0. The minimum absolute atomic E-state index is 0.115. The van der Waals surface area contributed by atoms with Gasteiger partial charge in [-0.05, 0) is 61.4 Å². The first-order valence-electron chi connectivity index (χ1n) is 10.5. The van der Waals surface area contributed by atoms with Crippen LogP contribution in [0, 0.1) is 11.3 Å². The Bertz CT molecular complexity index is 880. The molecule has 160 valence electrons. The van der Waals surface area contributed by atoms with Crippen LogP contribution in [0.15, 0.2) is 42.5 Å². The molecule has 1 fully saturated rings. The molecule has 3 atom stereocenters. The Hall–Kier alpha value is -2.23. The van der Waals surface area contributed by atoms with E-state index in [0.717, 1.165) is 23.1 Å². The second-order valence-electron chi connectivity index (χ2n) is 8.89. The van der Waals surface area contributed by atoms with Crippen molar-refractivity contribution in [3.63, 3.8) is 0 Å². The van der Waals surface area contributed by atoms with Crippen molar-refractivity contribution in [2.24, 2.45) is 0 Å². The molecule has 5 nitrogen and oxygen atoms in total. The molecular formula is C25H31NO4. The van der Waals surface area contributed by atoms with Crippen molar-refractivity contribution < 1.29 is 20.1 Å². The van der Waals surface area contributed by atoms with Crippen LogP contribution in [0.2, 0.25) is 0 Å². The molecule has 0 aromatic heterocycles. The summed E-state index contributed by atoms with van der Waals surface area (Å²) in [6.45, 7) is 3.52. The lowest BCUT2D eigenvalue weighted by atomic mass is 9.91. The van der Waals surface area contributed by atoms with Crippen molar-refractivity contribution in [3.05, 3.63) is 70.3 Å². The predicted octanol–water partition coefficient (Wildman–Crippen LogP) is 3.43. The van der Waals surface area contributed by atoms with E-state index in [2.05, 4.69) is 30.3 Å². The van der Waals surface area contributed by atoms with Gasteiger partial charge in [0.2, 0.25) is 0 Å². The highest BCUT2D eigenvalue weighted by atomic mass is 16.5. The van der Waals surface area contributed by atoms with Crippen molar-refractivity contribution >= 4 is 0 Å².